The Labute approximate surface area is 187 Å². The number of ether oxygens (including phenoxy) is 1. The van der Waals surface area contributed by atoms with E-state index < -0.39 is 11.4 Å². The predicted octanol–water partition coefficient (Wildman–Crippen LogP) is 5.72. The molecule has 0 bridgehead atoms. The number of aromatic nitrogens is 4. The largest absolute Gasteiger partial charge is 0.481 e. The lowest BCUT2D eigenvalue weighted by atomic mass is 9.94. The third kappa shape index (κ3) is 3.48. The van der Waals surface area contributed by atoms with Gasteiger partial charge in [0.05, 0.1) is 16.3 Å². The second-order valence-electron chi connectivity index (χ2n) is 7.61. The molecule has 3 heterocycles. The lowest BCUT2D eigenvalue weighted by Gasteiger charge is -2.31. The van der Waals surface area contributed by atoms with E-state index in [-0.39, 0.29) is 5.56 Å². The van der Waals surface area contributed by atoms with Gasteiger partial charge in [-0.2, -0.15) is 0 Å². The first-order valence-electron chi connectivity index (χ1n) is 9.52. The van der Waals surface area contributed by atoms with Gasteiger partial charge in [0.2, 0.25) is 0 Å². The van der Waals surface area contributed by atoms with Crippen LogP contribution in [-0.2, 0) is 5.60 Å². The first kappa shape index (κ1) is 19.7. The van der Waals surface area contributed by atoms with E-state index in [0.29, 0.717) is 27.3 Å². The smallest absolute Gasteiger partial charge is 0.191 e. The molecular formula is C23H16ClFN4OS. The zero-order chi connectivity index (χ0) is 21.8. The fraction of sp³-hybridized carbons (Fsp3) is 0.174. The average molecular weight is 451 g/mol. The molecule has 1 aliphatic heterocycles. The van der Waals surface area contributed by atoms with Crippen molar-refractivity contribution >= 4 is 22.9 Å². The maximum atomic E-state index is 14.5. The number of H-pyrrole nitrogens is 1. The van der Waals surface area contributed by atoms with Crippen molar-refractivity contribution in [3.05, 3.63) is 68.5 Å². The quantitative estimate of drug-likeness (QED) is 0.376. The molecule has 0 fully saturated rings. The van der Waals surface area contributed by atoms with Crippen LogP contribution >= 0.6 is 22.9 Å². The zero-order valence-corrected chi connectivity index (χ0v) is 18.5. The summed E-state index contributed by atoms with van der Waals surface area (Å²) in [6.07, 6.45) is 0. The highest BCUT2D eigenvalue weighted by Gasteiger charge is 2.37. The molecular weight excluding hydrogens is 435 g/mol. The minimum Gasteiger partial charge on any atom is -0.481 e. The third-order valence-corrected chi connectivity index (χ3v) is 6.00. The van der Waals surface area contributed by atoms with Crippen molar-refractivity contribution in [3.63, 3.8) is 0 Å². The van der Waals surface area contributed by atoms with Crippen LogP contribution in [0.3, 0.4) is 0 Å². The van der Waals surface area contributed by atoms with Crippen molar-refractivity contribution in [2.45, 2.75) is 26.4 Å². The van der Waals surface area contributed by atoms with E-state index >= 15 is 0 Å². The van der Waals surface area contributed by atoms with Gasteiger partial charge in [0.1, 0.15) is 33.7 Å². The minimum atomic E-state index is -0.725. The fourth-order valence-electron chi connectivity index (χ4n) is 3.53. The molecule has 0 saturated heterocycles. The van der Waals surface area contributed by atoms with Gasteiger partial charge >= 0.3 is 0 Å². The fourth-order valence-corrected chi connectivity index (χ4v) is 4.33. The number of fused-ring (bicyclic) bond motifs is 3. The molecule has 1 N–H and O–H groups in total. The second kappa shape index (κ2) is 7.19. The van der Waals surface area contributed by atoms with Gasteiger partial charge in [-0.15, -0.1) is 10.2 Å². The molecule has 0 radical (unpaired) electrons. The van der Waals surface area contributed by atoms with Gasteiger partial charge in [-0.1, -0.05) is 34.9 Å². The summed E-state index contributed by atoms with van der Waals surface area (Å²) in [7, 11) is 0. The number of nitrogens with one attached hydrogen (secondary N) is 1. The number of halogens is 2. The Hall–Kier alpha value is -3.21. The highest BCUT2D eigenvalue weighted by molar-refractivity contribution is 7.11. The number of hydrogen-bond acceptors (Lipinski definition) is 5. The third-order valence-electron chi connectivity index (χ3n) is 4.93. The lowest BCUT2D eigenvalue weighted by Crippen LogP contribution is -2.29. The molecule has 1 aliphatic rings. The maximum absolute atomic E-state index is 14.5. The summed E-state index contributed by atoms with van der Waals surface area (Å²) >= 11 is 7.70. The Bertz CT molecular complexity index is 1380. The lowest BCUT2D eigenvalue weighted by molar-refractivity contribution is 0.101. The van der Waals surface area contributed by atoms with E-state index in [1.807, 2.05) is 39.0 Å². The van der Waals surface area contributed by atoms with Crippen molar-refractivity contribution in [1.82, 2.24) is 20.2 Å². The number of benzene rings is 2. The molecule has 154 valence electrons. The van der Waals surface area contributed by atoms with Gasteiger partial charge < -0.3 is 9.72 Å². The van der Waals surface area contributed by atoms with E-state index in [1.54, 1.807) is 12.1 Å². The molecule has 2 aromatic carbocycles. The van der Waals surface area contributed by atoms with E-state index in [4.69, 9.17) is 16.3 Å². The van der Waals surface area contributed by atoms with Gasteiger partial charge in [0.15, 0.2) is 5.01 Å². The second-order valence-corrected chi connectivity index (χ2v) is 9.19. The predicted molar refractivity (Wildman–Crippen MR) is 119 cm³/mol. The van der Waals surface area contributed by atoms with E-state index in [1.165, 1.54) is 17.4 Å². The monoisotopic (exact) mass is 450 g/mol. The highest BCUT2D eigenvalue weighted by atomic mass is 35.5. The molecule has 5 nitrogen and oxygen atoms in total. The Morgan fingerprint density at radius 2 is 2.00 bits per heavy atom. The number of aromatic amines is 1. The van der Waals surface area contributed by atoms with Crippen molar-refractivity contribution in [1.29, 1.82) is 0 Å². The molecule has 2 aromatic heterocycles. The van der Waals surface area contributed by atoms with Crippen LogP contribution < -0.4 is 4.74 Å². The maximum Gasteiger partial charge on any atom is 0.191 e. The molecule has 31 heavy (non-hydrogen) atoms. The molecule has 5 rings (SSSR count). The van der Waals surface area contributed by atoms with Crippen molar-refractivity contribution in [2.75, 3.05) is 0 Å². The van der Waals surface area contributed by atoms with Crippen LogP contribution in [-0.4, -0.2) is 20.2 Å². The standard InChI is InChI=1S/C23H16ClFN4OS/c1-12-28-29-18(31-12)10-8-13-7-9-14-17(11-13)30-23(2,3)21-20(14)26-22(27-21)19-15(24)5-4-6-16(19)25/h4-7,9,11H,1-3H3,(H,26,27). The SMILES string of the molecule is Cc1nnc(C#Cc2ccc3c(c2)OC(C)(C)c2nc(-c4c(F)cccc4Cl)[nH]c2-3)s1. The Morgan fingerprint density at radius 3 is 2.74 bits per heavy atom. The van der Waals surface area contributed by atoms with Gasteiger partial charge in [0, 0.05) is 11.1 Å². The Kier molecular flexibility index (Phi) is 4.58. The van der Waals surface area contributed by atoms with Crippen LogP contribution in [0.25, 0.3) is 22.6 Å². The molecule has 0 amide bonds. The first-order valence-corrected chi connectivity index (χ1v) is 10.7. The Balaban J connectivity index is 1.59. The summed E-state index contributed by atoms with van der Waals surface area (Å²) in [5.74, 6) is 6.74. The Morgan fingerprint density at radius 1 is 1.16 bits per heavy atom. The zero-order valence-electron chi connectivity index (χ0n) is 16.9. The summed E-state index contributed by atoms with van der Waals surface area (Å²) in [6, 6.07) is 10.3. The van der Waals surface area contributed by atoms with E-state index in [9.17, 15) is 4.39 Å². The minimum absolute atomic E-state index is 0.241. The topological polar surface area (TPSA) is 63.7 Å². The summed E-state index contributed by atoms with van der Waals surface area (Å²) in [4.78, 5) is 7.90. The van der Waals surface area contributed by atoms with Crippen molar-refractivity contribution in [2.24, 2.45) is 0 Å². The van der Waals surface area contributed by atoms with E-state index in [0.717, 1.165) is 21.8 Å². The van der Waals surface area contributed by atoms with Crippen LogP contribution in [0.15, 0.2) is 36.4 Å². The van der Waals surface area contributed by atoms with Crippen LogP contribution in [0.1, 0.15) is 35.1 Å². The van der Waals surface area contributed by atoms with Gasteiger partial charge in [-0.3, -0.25) is 0 Å². The summed E-state index contributed by atoms with van der Waals surface area (Å²) in [5, 5.41) is 9.83. The highest BCUT2D eigenvalue weighted by Crippen LogP contribution is 2.45. The molecule has 0 saturated carbocycles. The number of imidazole rings is 1. The van der Waals surface area contributed by atoms with Gasteiger partial charge in [-0.05, 0) is 57.0 Å². The summed E-state index contributed by atoms with van der Waals surface area (Å²) < 4.78 is 20.7. The number of nitrogens with zero attached hydrogens (tertiary/aromatic N) is 3. The molecule has 0 unspecified atom stereocenters. The summed E-state index contributed by atoms with van der Waals surface area (Å²) in [5.41, 5.74) is 2.61. The van der Waals surface area contributed by atoms with Crippen molar-refractivity contribution < 1.29 is 9.13 Å². The van der Waals surface area contributed by atoms with Gasteiger partial charge in [0.25, 0.3) is 0 Å². The van der Waals surface area contributed by atoms with Crippen LogP contribution in [0.5, 0.6) is 5.75 Å². The van der Waals surface area contributed by atoms with Crippen LogP contribution in [0.2, 0.25) is 5.02 Å². The molecule has 0 atom stereocenters. The number of aryl methyl sites for hydroxylation is 1. The first-order chi connectivity index (χ1) is 14.8. The number of hydrogen-bond donors (Lipinski definition) is 1. The molecule has 0 spiro atoms. The van der Waals surface area contributed by atoms with Crippen LogP contribution in [0.4, 0.5) is 4.39 Å². The van der Waals surface area contributed by atoms with Crippen molar-refractivity contribution in [3.8, 4) is 40.2 Å². The molecule has 8 heteroatoms. The number of rotatable bonds is 1. The molecule has 4 aromatic rings. The van der Waals surface area contributed by atoms with Crippen LogP contribution in [0, 0.1) is 24.6 Å². The van der Waals surface area contributed by atoms with Gasteiger partial charge in [-0.25, -0.2) is 9.37 Å². The van der Waals surface area contributed by atoms with E-state index in [2.05, 4.69) is 32.0 Å². The normalized spacial score (nSPS) is 13.6. The average Bonchev–Trinajstić information content (AvgIpc) is 3.33. The summed E-state index contributed by atoms with van der Waals surface area (Å²) in [6.45, 7) is 5.73. The molecule has 0 aliphatic carbocycles.